The molecule has 1 amide bonds. The monoisotopic (exact) mass is 409 g/mol. The Bertz CT molecular complexity index is 503. The Labute approximate surface area is 163 Å². The van der Waals surface area contributed by atoms with Crippen LogP contribution in [0.3, 0.4) is 0 Å². The van der Waals surface area contributed by atoms with Gasteiger partial charge in [-0.3, -0.25) is 4.79 Å². The van der Waals surface area contributed by atoms with E-state index >= 15 is 0 Å². The second-order valence-electron chi connectivity index (χ2n) is 6.87. The number of thioether (sulfide) groups is 1. The zero-order valence-electron chi connectivity index (χ0n) is 15.9. The van der Waals surface area contributed by atoms with E-state index < -0.39 is 53.9 Å². The Morgan fingerprint density at radius 1 is 1.30 bits per heavy atom. The normalized spacial score (nSPS) is 30.7. The molecule has 0 aliphatic carbocycles. The van der Waals surface area contributed by atoms with Crippen LogP contribution in [0.2, 0.25) is 0 Å². The lowest BCUT2D eigenvalue weighted by atomic mass is 9.90. The lowest BCUT2D eigenvalue weighted by Crippen LogP contribution is -2.66. The van der Waals surface area contributed by atoms with Gasteiger partial charge in [-0.05, 0) is 11.7 Å². The van der Waals surface area contributed by atoms with E-state index in [1.165, 1.54) is 6.92 Å². The number of carboxylic acid groups (broad SMARTS) is 1. The fourth-order valence-electron chi connectivity index (χ4n) is 3.05. The number of aliphatic hydroxyl groups is 4. The van der Waals surface area contributed by atoms with Gasteiger partial charge >= 0.3 is 5.97 Å². The lowest BCUT2D eigenvalue weighted by Gasteiger charge is -2.46. The largest absolute Gasteiger partial charge is 0.478 e. The van der Waals surface area contributed by atoms with Crippen molar-refractivity contribution in [2.24, 2.45) is 5.92 Å². The fourth-order valence-corrected chi connectivity index (χ4v) is 4.62. The molecule has 158 valence electrons. The van der Waals surface area contributed by atoms with Crippen LogP contribution in [-0.2, 0) is 14.3 Å². The van der Waals surface area contributed by atoms with Gasteiger partial charge in [0.2, 0.25) is 10.8 Å². The molecule has 0 aromatic rings. The van der Waals surface area contributed by atoms with Crippen molar-refractivity contribution in [2.45, 2.75) is 75.4 Å². The number of amides is 1. The van der Waals surface area contributed by atoms with Crippen LogP contribution in [0.25, 0.3) is 0 Å². The summed E-state index contributed by atoms with van der Waals surface area (Å²) >= 11 is 1.03. The molecular formula is C17H31NO8S. The second-order valence-corrected chi connectivity index (χ2v) is 8.15. The van der Waals surface area contributed by atoms with Crippen molar-refractivity contribution in [1.82, 2.24) is 5.32 Å². The van der Waals surface area contributed by atoms with Crippen LogP contribution in [0.15, 0.2) is 0 Å². The van der Waals surface area contributed by atoms with E-state index in [1.807, 2.05) is 13.8 Å². The maximum Gasteiger partial charge on any atom is 0.346 e. The van der Waals surface area contributed by atoms with Gasteiger partial charge in [0.15, 0.2) is 0 Å². The van der Waals surface area contributed by atoms with E-state index in [9.17, 15) is 30.0 Å². The molecule has 0 saturated carbocycles. The summed E-state index contributed by atoms with van der Waals surface area (Å²) in [5.74, 6) is -1.09. The minimum Gasteiger partial charge on any atom is -0.478 e. The van der Waals surface area contributed by atoms with Gasteiger partial charge in [0, 0.05) is 13.3 Å². The molecule has 1 aliphatic heterocycles. The number of ether oxygens (including phenoxy) is 1. The first-order valence-corrected chi connectivity index (χ1v) is 10.1. The summed E-state index contributed by atoms with van der Waals surface area (Å²) in [5.41, 5.74) is 0. The fraction of sp³-hybridized carbons (Fsp3) is 0.882. The molecule has 6 atom stereocenters. The summed E-state index contributed by atoms with van der Waals surface area (Å²) in [6.07, 6.45) is -4.64. The maximum atomic E-state index is 12.0. The van der Waals surface area contributed by atoms with Gasteiger partial charge in [0.25, 0.3) is 0 Å². The van der Waals surface area contributed by atoms with E-state index in [1.54, 1.807) is 0 Å². The Kier molecular flexibility index (Phi) is 9.46. The highest BCUT2D eigenvalue weighted by Crippen LogP contribution is 2.41. The molecule has 0 unspecified atom stereocenters. The number of hydrogen-bond acceptors (Lipinski definition) is 8. The van der Waals surface area contributed by atoms with Crippen molar-refractivity contribution in [2.75, 3.05) is 12.4 Å². The average molecular weight is 410 g/mol. The smallest absolute Gasteiger partial charge is 0.346 e. The molecule has 0 bridgehead atoms. The third kappa shape index (κ3) is 6.03. The quantitative estimate of drug-likeness (QED) is 0.275. The molecule has 10 heteroatoms. The van der Waals surface area contributed by atoms with Gasteiger partial charge in [-0.15, -0.1) is 11.8 Å². The Morgan fingerprint density at radius 3 is 2.33 bits per heavy atom. The minimum atomic E-state index is -1.84. The highest BCUT2D eigenvalue weighted by molar-refractivity contribution is 8.01. The van der Waals surface area contributed by atoms with Crippen LogP contribution in [-0.4, -0.2) is 85.2 Å². The average Bonchev–Trinajstić information content (AvgIpc) is 2.62. The van der Waals surface area contributed by atoms with Crippen LogP contribution in [0.5, 0.6) is 0 Å². The zero-order chi connectivity index (χ0) is 20.8. The predicted molar refractivity (Wildman–Crippen MR) is 99.1 cm³/mol. The van der Waals surface area contributed by atoms with Gasteiger partial charge in [0.1, 0.15) is 18.3 Å². The number of carbonyl (C=O) groups is 2. The topological polar surface area (TPSA) is 157 Å². The van der Waals surface area contributed by atoms with Crippen molar-refractivity contribution < 1.29 is 39.9 Å². The summed E-state index contributed by atoms with van der Waals surface area (Å²) in [6, 6.07) is -1.13. The number of nitrogens with one attached hydrogen (secondary N) is 1. The number of aliphatic carboxylic acids is 1. The molecule has 0 aromatic heterocycles. The van der Waals surface area contributed by atoms with Crippen molar-refractivity contribution in [3.63, 3.8) is 0 Å². The molecular weight excluding hydrogens is 378 g/mol. The zero-order valence-corrected chi connectivity index (χ0v) is 16.7. The SMILES string of the molecule is CCC(CC)CS[C@]1(C(=O)O)C[C@H](O)[C@@H](NC(C)=O)[C@H]([C@H](O)[C@H](O)CO)O1. The van der Waals surface area contributed by atoms with E-state index in [-0.39, 0.29) is 12.3 Å². The summed E-state index contributed by atoms with van der Waals surface area (Å²) in [4.78, 5) is 21.6. The maximum absolute atomic E-state index is 12.0. The van der Waals surface area contributed by atoms with Crippen molar-refractivity contribution in [3.8, 4) is 0 Å². The van der Waals surface area contributed by atoms with E-state index in [0.29, 0.717) is 5.75 Å². The molecule has 6 N–H and O–H groups in total. The summed E-state index contributed by atoms with van der Waals surface area (Å²) in [6.45, 7) is 4.41. The standard InChI is InChI=1S/C17H31NO8S/c1-4-10(5-2)8-27-17(16(24)25)6-11(21)13(18-9(3)20)15(26-17)14(23)12(22)7-19/h10-15,19,21-23H,4-8H2,1-3H3,(H,18,20)(H,24,25)/t11-,12+,13+,14+,15+,17-/m0/s1. The van der Waals surface area contributed by atoms with Crippen LogP contribution in [0.1, 0.15) is 40.0 Å². The van der Waals surface area contributed by atoms with Crippen LogP contribution in [0, 0.1) is 5.92 Å². The van der Waals surface area contributed by atoms with Crippen molar-refractivity contribution in [1.29, 1.82) is 0 Å². The van der Waals surface area contributed by atoms with Crippen LogP contribution >= 0.6 is 11.8 Å². The molecule has 1 rings (SSSR count). The summed E-state index contributed by atoms with van der Waals surface area (Å²) in [5, 5.41) is 52.0. The number of hydrogen-bond donors (Lipinski definition) is 6. The van der Waals surface area contributed by atoms with E-state index in [2.05, 4.69) is 5.32 Å². The Morgan fingerprint density at radius 2 is 1.89 bits per heavy atom. The predicted octanol–water partition coefficient (Wildman–Crippen LogP) is -0.695. The van der Waals surface area contributed by atoms with Gasteiger partial charge in [0.05, 0.1) is 18.8 Å². The third-order valence-electron chi connectivity index (χ3n) is 4.89. The van der Waals surface area contributed by atoms with E-state index in [4.69, 9.17) is 9.84 Å². The first-order valence-electron chi connectivity index (χ1n) is 9.09. The third-order valence-corrected chi connectivity index (χ3v) is 6.44. The minimum absolute atomic E-state index is 0.256. The number of carboxylic acids is 1. The van der Waals surface area contributed by atoms with Crippen LogP contribution < -0.4 is 5.32 Å². The molecule has 1 fully saturated rings. The van der Waals surface area contributed by atoms with Crippen molar-refractivity contribution >= 4 is 23.6 Å². The highest BCUT2D eigenvalue weighted by atomic mass is 32.2. The number of rotatable bonds is 10. The molecule has 0 spiro atoms. The number of aliphatic hydroxyl groups excluding tert-OH is 4. The van der Waals surface area contributed by atoms with E-state index in [0.717, 1.165) is 24.6 Å². The molecule has 1 heterocycles. The molecule has 9 nitrogen and oxygen atoms in total. The molecule has 1 aliphatic rings. The Hall–Kier alpha value is -0.910. The number of carbonyl (C=O) groups excluding carboxylic acids is 1. The molecule has 1 saturated heterocycles. The Balaban J connectivity index is 3.16. The first-order chi connectivity index (χ1) is 12.6. The van der Waals surface area contributed by atoms with Gasteiger partial charge in [-0.2, -0.15) is 0 Å². The molecule has 27 heavy (non-hydrogen) atoms. The summed E-state index contributed by atoms with van der Waals surface area (Å²) < 4.78 is 5.71. The highest BCUT2D eigenvalue weighted by Gasteiger charge is 2.55. The summed E-state index contributed by atoms with van der Waals surface area (Å²) in [7, 11) is 0. The van der Waals surface area contributed by atoms with Crippen molar-refractivity contribution in [3.05, 3.63) is 0 Å². The van der Waals surface area contributed by atoms with Gasteiger partial charge in [-0.1, -0.05) is 26.7 Å². The first kappa shape index (κ1) is 24.1. The van der Waals surface area contributed by atoms with Gasteiger partial charge < -0.3 is 35.6 Å². The molecule has 0 aromatic carbocycles. The lowest BCUT2D eigenvalue weighted by molar-refractivity contribution is -0.205. The van der Waals surface area contributed by atoms with Crippen LogP contribution in [0.4, 0.5) is 0 Å². The molecule has 0 radical (unpaired) electrons. The van der Waals surface area contributed by atoms with Gasteiger partial charge in [-0.25, -0.2) is 4.79 Å². The second kappa shape index (κ2) is 10.6.